The highest BCUT2D eigenvalue weighted by molar-refractivity contribution is 7.83. The molecule has 0 aromatic heterocycles. The third-order valence-corrected chi connectivity index (χ3v) is 1.60. The first-order chi connectivity index (χ1) is 5.20. The molecule has 0 rings (SSSR count). The average Bonchev–Trinajstić information content (AvgIpc) is 2.01. The first-order valence-electron chi connectivity index (χ1n) is 3.52. The predicted octanol–water partition coefficient (Wildman–Crippen LogP) is 2.15. The zero-order valence-electron chi connectivity index (χ0n) is 7.09. The van der Waals surface area contributed by atoms with Gasteiger partial charge >= 0.3 is 0 Å². The van der Waals surface area contributed by atoms with Crippen LogP contribution in [0.4, 0.5) is 0 Å². The largest absolute Gasteiger partial charge is 0.316 e. The van der Waals surface area contributed by atoms with Crippen LogP contribution in [0.25, 0.3) is 0 Å². The Kier molecular flexibility index (Phi) is 5.99. The molecule has 11 heavy (non-hydrogen) atoms. The van der Waals surface area contributed by atoms with Gasteiger partial charge in [0.05, 0.1) is 0 Å². The molecule has 1 nitrogen and oxygen atoms in total. The van der Waals surface area contributed by atoms with Crippen molar-refractivity contribution >= 4 is 12.6 Å². The molecule has 0 aliphatic heterocycles. The molecule has 2 heteroatoms. The van der Waals surface area contributed by atoms with Crippen molar-refractivity contribution in [1.82, 2.24) is 5.32 Å². The number of hydrogen-bond donors (Lipinski definition) is 2. The highest BCUT2D eigenvalue weighted by Crippen LogP contribution is 1.99. The maximum atomic E-state index is 4.01. The summed E-state index contributed by atoms with van der Waals surface area (Å²) >= 11 is 4.01. The minimum absolute atomic E-state index is 0.830. The SMILES string of the molecule is C=C(/C=C/C(C)=C\S)CNC. The van der Waals surface area contributed by atoms with E-state index in [0.29, 0.717) is 0 Å². The Bertz CT molecular complexity index is 180. The van der Waals surface area contributed by atoms with Crippen molar-refractivity contribution in [1.29, 1.82) is 0 Å². The van der Waals surface area contributed by atoms with Crippen molar-refractivity contribution in [3.63, 3.8) is 0 Å². The summed E-state index contributed by atoms with van der Waals surface area (Å²) < 4.78 is 0. The quantitative estimate of drug-likeness (QED) is 0.485. The number of hydrogen-bond acceptors (Lipinski definition) is 2. The molecule has 0 aliphatic carbocycles. The van der Waals surface area contributed by atoms with E-state index in [-0.39, 0.29) is 0 Å². The normalized spacial score (nSPS) is 12.5. The lowest BCUT2D eigenvalue weighted by atomic mass is 10.2. The first-order valence-corrected chi connectivity index (χ1v) is 4.03. The summed E-state index contributed by atoms with van der Waals surface area (Å²) in [6.45, 7) is 6.68. The number of likely N-dealkylation sites (N-methyl/N-ethyl adjacent to an activating group) is 1. The van der Waals surface area contributed by atoms with Crippen LogP contribution in [0, 0.1) is 0 Å². The third kappa shape index (κ3) is 5.95. The molecule has 0 fully saturated rings. The molecule has 0 amide bonds. The Labute approximate surface area is 74.3 Å². The van der Waals surface area contributed by atoms with Crippen LogP contribution in [0.3, 0.4) is 0 Å². The first kappa shape index (κ1) is 10.5. The van der Waals surface area contributed by atoms with Gasteiger partial charge in [0.2, 0.25) is 0 Å². The van der Waals surface area contributed by atoms with Gasteiger partial charge in [0.15, 0.2) is 0 Å². The number of thiol groups is 1. The van der Waals surface area contributed by atoms with E-state index in [2.05, 4.69) is 24.5 Å². The summed E-state index contributed by atoms with van der Waals surface area (Å²) in [5, 5.41) is 4.79. The van der Waals surface area contributed by atoms with Crippen LogP contribution >= 0.6 is 12.6 Å². The molecule has 62 valence electrons. The van der Waals surface area contributed by atoms with Gasteiger partial charge in [-0.3, -0.25) is 0 Å². The molecular weight excluding hydrogens is 154 g/mol. The van der Waals surface area contributed by atoms with Crippen molar-refractivity contribution < 1.29 is 0 Å². The lowest BCUT2D eigenvalue weighted by molar-refractivity contribution is 0.898. The highest BCUT2D eigenvalue weighted by Gasteiger charge is 1.84. The molecule has 0 radical (unpaired) electrons. The fourth-order valence-corrected chi connectivity index (χ4v) is 0.664. The van der Waals surface area contributed by atoms with Crippen LogP contribution in [0.15, 0.2) is 35.3 Å². The Morgan fingerprint density at radius 3 is 2.64 bits per heavy atom. The molecule has 0 aliphatic rings. The number of rotatable bonds is 4. The molecule has 0 unspecified atom stereocenters. The van der Waals surface area contributed by atoms with Gasteiger partial charge in [-0.1, -0.05) is 18.7 Å². The number of allylic oxidation sites excluding steroid dienone is 2. The molecule has 0 spiro atoms. The summed E-state index contributed by atoms with van der Waals surface area (Å²) in [5.41, 5.74) is 2.20. The molecule has 0 saturated carbocycles. The topological polar surface area (TPSA) is 12.0 Å². The minimum Gasteiger partial charge on any atom is -0.316 e. The van der Waals surface area contributed by atoms with Gasteiger partial charge in [0.25, 0.3) is 0 Å². The lowest BCUT2D eigenvalue weighted by Gasteiger charge is -1.96. The van der Waals surface area contributed by atoms with Crippen molar-refractivity contribution in [3.05, 3.63) is 35.3 Å². The van der Waals surface area contributed by atoms with Crippen molar-refractivity contribution in [2.45, 2.75) is 6.92 Å². The predicted molar refractivity (Wildman–Crippen MR) is 54.9 cm³/mol. The van der Waals surface area contributed by atoms with Crippen LogP contribution < -0.4 is 5.32 Å². The Hall–Kier alpha value is -0.470. The van der Waals surface area contributed by atoms with Crippen molar-refractivity contribution in [2.24, 2.45) is 0 Å². The summed E-state index contributed by atoms with van der Waals surface area (Å²) in [5.74, 6) is 0. The maximum Gasteiger partial charge on any atom is 0.0196 e. The molecule has 0 bridgehead atoms. The summed E-state index contributed by atoms with van der Waals surface area (Å²) in [6, 6.07) is 0. The zero-order valence-corrected chi connectivity index (χ0v) is 7.99. The van der Waals surface area contributed by atoms with E-state index in [1.165, 1.54) is 0 Å². The van der Waals surface area contributed by atoms with E-state index in [0.717, 1.165) is 17.7 Å². The maximum absolute atomic E-state index is 4.01. The van der Waals surface area contributed by atoms with Crippen molar-refractivity contribution in [2.75, 3.05) is 13.6 Å². The van der Waals surface area contributed by atoms with E-state index in [4.69, 9.17) is 0 Å². The van der Waals surface area contributed by atoms with E-state index in [9.17, 15) is 0 Å². The lowest BCUT2D eigenvalue weighted by Crippen LogP contribution is -2.08. The second kappa shape index (κ2) is 6.25. The molecule has 1 N–H and O–H groups in total. The van der Waals surface area contributed by atoms with Gasteiger partial charge in [-0.15, -0.1) is 0 Å². The minimum atomic E-state index is 0.830. The second-order valence-corrected chi connectivity index (χ2v) is 2.65. The van der Waals surface area contributed by atoms with Crippen LogP contribution in [-0.2, 0) is 0 Å². The Morgan fingerprint density at radius 1 is 1.55 bits per heavy atom. The van der Waals surface area contributed by atoms with Crippen LogP contribution in [0.2, 0.25) is 0 Å². The molecule has 0 heterocycles. The molecule has 0 saturated heterocycles. The number of nitrogens with one attached hydrogen (secondary N) is 1. The summed E-state index contributed by atoms with van der Waals surface area (Å²) in [7, 11) is 1.90. The summed E-state index contributed by atoms with van der Waals surface area (Å²) in [4.78, 5) is 0. The van der Waals surface area contributed by atoms with Crippen LogP contribution in [0.5, 0.6) is 0 Å². The fraction of sp³-hybridized carbons (Fsp3) is 0.333. The van der Waals surface area contributed by atoms with Gasteiger partial charge in [-0.25, -0.2) is 0 Å². The van der Waals surface area contributed by atoms with E-state index < -0.39 is 0 Å². The van der Waals surface area contributed by atoms with E-state index >= 15 is 0 Å². The second-order valence-electron chi connectivity index (χ2n) is 2.40. The monoisotopic (exact) mass is 169 g/mol. The average molecular weight is 169 g/mol. The van der Waals surface area contributed by atoms with E-state index in [1.54, 1.807) is 5.41 Å². The van der Waals surface area contributed by atoms with Crippen molar-refractivity contribution in [3.8, 4) is 0 Å². The Balaban J connectivity index is 3.83. The van der Waals surface area contributed by atoms with E-state index in [1.807, 2.05) is 26.1 Å². The third-order valence-electron chi connectivity index (χ3n) is 1.19. The molecular formula is C9H15NS. The fourth-order valence-electron chi connectivity index (χ4n) is 0.578. The van der Waals surface area contributed by atoms with Crippen LogP contribution in [0.1, 0.15) is 6.92 Å². The van der Waals surface area contributed by atoms with Crippen LogP contribution in [-0.4, -0.2) is 13.6 Å². The van der Waals surface area contributed by atoms with Gasteiger partial charge in [0, 0.05) is 6.54 Å². The molecule has 0 aromatic carbocycles. The molecule has 0 atom stereocenters. The standard InChI is InChI=1S/C9H15NS/c1-8(6-10-3)4-5-9(2)7-11/h4-5,7,10-11H,1,6H2,2-3H3/b5-4+,9-7-. The molecule has 0 aromatic rings. The van der Waals surface area contributed by atoms with Gasteiger partial charge in [-0.2, -0.15) is 12.6 Å². The highest BCUT2D eigenvalue weighted by atomic mass is 32.1. The smallest absolute Gasteiger partial charge is 0.0196 e. The van der Waals surface area contributed by atoms with Gasteiger partial charge < -0.3 is 5.32 Å². The zero-order chi connectivity index (χ0) is 8.69. The Morgan fingerprint density at radius 2 is 2.18 bits per heavy atom. The van der Waals surface area contributed by atoms with Gasteiger partial charge in [-0.05, 0) is 30.5 Å². The van der Waals surface area contributed by atoms with Gasteiger partial charge in [0.1, 0.15) is 0 Å². The summed E-state index contributed by atoms with van der Waals surface area (Å²) in [6.07, 6.45) is 3.98.